The van der Waals surface area contributed by atoms with Crippen LogP contribution in [0.4, 0.5) is 10.1 Å². The summed E-state index contributed by atoms with van der Waals surface area (Å²) in [4.78, 5) is 20.1. The van der Waals surface area contributed by atoms with E-state index >= 15 is 0 Å². The first-order valence-electron chi connectivity index (χ1n) is 4.22. The van der Waals surface area contributed by atoms with Crippen molar-refractivity contribution in [1.29, 1.82) is 0 Å². The summed E-state index contributed by atoms with van der Waals surface area (Å²) in [5.41, 5.74) is 4.43. The number of nitrogens with two attached hydrogens (primary N) is 1. The first-order chi connectivity index (χ1) is 7.02. The topological polar surface area (TPSA) is 86.2 Å². The monoisotopic (exact) mass is 212 g/mol. The SMILES string of the molecule is NC(=O)CCc1cccc([N+](=O)[O-])c1F. The van der Waals surface area contributed by atoms with Gasteiger partial charge in [-0.05, 0) is 12.0 Å². The zero-order valence-corrected chi connectivity index (χ0v) is 7.77. The fraction of sp³-hybridized carbons (Fsp3) is 0.222. The van der Waals surface area contributed by atoms with Gasteiger partial charge in [-0.25, -0.2) is 0 Å². The van der Waals surface area contributed by atoms with E-state index in [9.17, 15) is 19.3 Å². The molecule has 0 aliphatic heterocycles. The highest BCUT2D eigenvalue weighted by molar-refractivity contribution is 5.74. The average Bonchev–Trinajstić information content (AvgIpc) is 2.15. The smallest absolute Gasteiger partial charge is 0.305 e. The van der Waals surface area contributed by atoms with Gasteiger partial charge in [0.1, 0.15) is 0 Å². The van der Waals surface area contributed by atoms with Gasteiger partial charge in [0.05, 0.1) is 4.92 Å². The molecule has 1 aromatic rings. The van der Waals surface area contributed by atoms with Gasteiger partial charge in [0, 0.05) is 12.5 Å². The molecular weight excluding hydrogens is 203 g/mol. The maximum atomic E-state index is 13.4. The molecule has 0 heterocycles. The molecule has 1 aromatic carbocycles. The lowest BCUT2D eigenvalue weighted by Gasteiger charge is -2.01. The van der Waals surface area contributed by atoms with Crippen molar-refractivity contribution in [1.82, 2.24) is 0 Å². The van der Waals surface area contributed by atoms with Crippen LogP contribution < -0.4 is 5.73 Å². The highest BCUT2D eigenvalue weighted by atomic mass is 19.1. The van der Waals surface area contributed by atoms with Crippen molar-refractivity contribution >= 4 is 11.6 Å². The number of nitro benzene ring substituents is 1. The molecule has 1 rings (SSSR count). The van der Waals surface area contributed by atoms with Crippen LogP contribution in [0.2, 0.25) is 0 Å². The summed E-state index contributed by atoms with van der Waals surface area (Å²) in [6, 6.07) is 3.84. The van der Waals surface area contributed by atoms with Gasteiger partial charge in [-0.1, -0.05) is 12.1 Å². The molecule has 0 atom stereocenters. The number of nitro groups is 1. The van der Waals surface area contributed by atoms with Gasteiger partial charge >= 0.3 is 5.69 Å². The van der Waals surface area contributed by atoms with Gasteiger partial charge in [-0.2, -0.15) is 4.39 Å². The number of nitrogens with zero attached hydrogens (tertiary/aromatic N) is 1. The summed E-state index contributed by atoms with van der Waals surface area (Å²) in [5.74, 6) is -1.47. The Morgan fingerprint density at radius 3 is 2.73 bits per heavy atom. The van der Waals surface area contributed by atoms with Crippen molar-refractivity contribution in [2.24, 2.45) is 5.73 Å². The molecule has 0 unspecified atom stereocenters. The van der Waals surface area contributed by atoms with Crippen LogP contribution in [-0.2, 0) is 11.2 Å². The van der Waals surface area contributed by atoms with Gasteiger partial charge in [0.25, 0.3) is 0 Å². The number of aryl methyl sites for hydroxylation is 1. The molecule has 2 N–H and O–H groups in total. The van der Waals surface area contributed by atoms with E-state index in [1.54, 1.807) is 0 Å². The third-order valence-electron chi connectivity index (χ3n) is 1.90. The Balaban J connectivity index is 2.94. The maximum Gasteiger partial charge on any atom is 0.305 e. The molecule has 0 saturated heterocycles. The van der Waals surface area contributed by atoms with Crippen LogP contribution >= 0.6 is 0 Å². The minimum atomic E-state index is -0.899. The van der Waals surface area contributed by atoms with E-state index in [-0.39, 0.29) is 18.4 Å². The predicted octanol–water partition coefficient (Wildman–Crippen LogP) is 1.15. The summed E-state index contributed by atoms with van der Waals surface area (Å²) < 4.78 is 13.4. The van der Waals surface area contributed by atoms with E-state index in [0.717, 1.165) is 6.07 Å². The predicted molar refractivity (Wildman–Crippen MR) is 50.6 cm³/mol. The van der Waals surface area contributed by atoms with Crippen molar-refractivity contribution in [2.75, 3.05) is 0 Å². The summed E-state index contributed by atoms with van der Waals surface area (Å²) in [7, 11) is 0. The lowest BCUT2D eigenvalue weighted by atomic mass is 10.1. The van der Waals surface area contributed by atoms with Gasteiger partial charge < -0.3 is 5.73 Å². The fourth-order valence-corrected chi connectivity index (χ4v) is 1.16. The van der Waals surface area contributed by atoms with Crippen LogP contribution in [0, 0.1) is 15.9 Å². The van der Waals surface area contributed by atoms with Gasteiger partial charge in [0.2, 0.25) is 11.7 Å². The number of rotatable bonds is 4. The molecule has 15 heavy (non-hydrogen) atoms. The van der Waals surface area contributed by atoms with E-state index < -0.39 is 22.3 Å². The lowest BCUT2D eigenvalue weighted by molar-refractivity contribution is -0.387. The third kappa shape index (κ3) is 2.73. The highest BCUT2D eigenvalue weighted by Gasteiger charge is 2.16. The van der Waals surface area contributed by atoms with E-state index in [1.165, 1.54) is 12.1 Å². The molecule has 0 fully saturated rings. The Bertz CT molecular complexity index is 406. The Kier molecular flexibility index (Phi) is 3.33. The molecule has 0 bridgehead atoms. The van der Waals surface area contributed by atoms with Crippen LogP contribution in [0.25, 0.3) is 0 Å². The third-order valence-corrected chi connectivity index (χ3v) is 1.90. The molecule has 0 saturated carbocycles. The summed E-state index contributed by atoms with van der Waals surface area (Å²) >= 11 is 0. The zero-order chi connectivity index (χ0) is 11.4. The molecule has 0 aliphatic carbocycles. The second-order valence-electron chi connectivity index (χ2n) is 2.97. The van der Waals surface area contributed by atoms with Crippen molar-refractivity contribution in [2.45, 2.75) is 12.8 Å². The Morgan fingerprint density at radius 2 is 2.20 bits per heavy atom. The summed E-state index contributed by atoms with van der Waals surface area (Å²) in [6.07, 6.45) is 0.0426. The summed E-state index contributed by atoms with van der Waals surface area (Å²) in [5, 5.41) is 10.4. The Morgan fingerprint density at radius 1 is 1.53 bits per heavy atom. The van der Waals surface area contributed by atoms with E-state index in [0.29, 0.717) is 0 Å². The van der Waals surface area contributed by atoms with Crippen molar-refractivity contribution < 1.29 is 14.1 Å². The van der Waals surface area contributed by atoms with Crippen molar-refractivity contribution in [3.63, 3.8) is 0 Å². The number of amides is 1. The van der Waals surface area contributed by atoms with E-state index in [2.05, 4.69) is 0 Å². The number of hydrogen-bond acceptors (Lipinski definition) is 3. The Labute approximate surface area is 84.8 Å². The standard InChI is InChI=1S/C9H9FN2O3/c10-9-6(4-5-8(11)13)2-1-3-7(9)12(14)15/h1-3H,4-5H2,(H2,11,13). The minimum Gasteiger partial charge on any atom is -0.370 e. The average molecular weight is 212 g/mol. The molecule has 0 radical (unpaired) electrons. The van der Waals surface area contributed by atoms with Crippen LogP contribution in [0.15, 0.2) is 18.2 Å². The molecule has 5 nitrogen and oxygen atoms in total. The van der Waals surface area contributed by atoms with Gasteiger partial charge in [0.15, 0.2) is 0 Å². The first-order valence-corrected chi connectivity index (χ1v) is 4.22. The largest absolute Gasteiger partial charge is 0.370 e. The number of carbonyl (C=O) groups excluding carboxylic acids is 1. The number of halogens is 1. The minimum absolute atomic E-state index is 0.0297. The normalized spacial score (nSPS) is 9.93. The first kappa shape index (κ1) is 11.1. The van der Waals surface area contributed by atoms with Crippen LogP contribution in [-0.4, -0.2) is 10.8 Å². The van der Waals surface area contributed by atoms with Gasteiger partial charge in [-0.3, -0.25) is 14.9 Å². The van der Waals surface area contributed by atoms with E-state index in [1.807, 2.05) is 0 Å². The van der Waals surface area contributed by atoms with Crippen LogP contribution in [0.1, 0.15) is 12.0 Å². The number of carbonyl (C=O) groups is 1. The molecule has 80 valence electrons. The molecule has 0 aromatic heterocycles. The number of primary amides is 1. The van der Waals surface area contributed by atoms with E-state index in [4.69, 9.17) is 5.73 Å². The van der Waals surface area contributed by atoms with Crippen molar-refractivity contribution in [3.05, 3.63) is 39.7 Å². The molecular formula is C9H9FN2O3. The molecule has 1 amide bonds. The molecule has 0 aliphatic rings. The van der Waals surface area contributed by atoms with Crippen LogP contribution in [0.5, 0.6) is 0 Å². The number of hydrogen-bond donors (Lipinski definition) is 1. The zero-order valence-electron chi connectivity index (χ0n) is 7.77. The second kappa shape index (κ2) is 4.50. The fourth-order valence-electron chi connectivity index (χ4n) is 1.16. The molecule has 0 spiro atoms. The Hall–Kier alpha value is -1.98. The van der Waals surface area contributed by atoms with Crippen molar-refractivity contribution in [3.8, 4) is 0 Å². The van der Waals surface area contributed by atoms with Crippen LogP contribution in [0.3, 0.4) is 0 Å². The summed E-state index contributed by atoms with van der Waals surface area (Å²) in [6.45, 7) is 0. The molecule has 6 heteroatoms. The number of benzene rings is 1. The lowest BCUT2D eigenvalue weighted by Crippen LogP contribution is -2.11. The second-order valence-corrected chi connectivity index (χ2v) is 2.97. The maximum absolute atomic E-state index is 13.4. The van der Waals surface area contributed by atoms with Gasteiger partial charge in [-0.15, -0.1) is 0 Å². The highest BCUT2D eigenvalue weighted by Crippen LogP contribution is 2.20. The quantitative estimate of drug-likeness (QED) is 0.600.